The third-order valence-electron chi connectivity index (χ3n) is 5.64. The summed E-state index contributed by atoms with van der Waals surface area (Å²) in [6, 6.07) is 13.7. The van der Waals surface area contributed by atoms with E-state index in [1.54, 1.807) is 30.1 Å². The Morgan fingerprint density at radius 3 is 2.69 bits per heavy atom. The van der Waals surface area contributed by atoms with E-state index in [2.05, 4.69) is 20.4 Å². The minimum absolute atomic E-state index is 0.211. The lowest BCUT2D eigenvalue weighted by Gasteiger charge is -2.39. The number of hydrogen-bond donors (Lipinski definition) is 1. The molecule has 0 radical (unpaired) electrons. The van der Waals surface area contributed by atoms with Crippen LogP contribution in [0, 0.1) is 6.92 Å². The third-order valence-corrected chi connectivity index (χ3v) is 5.64. The van der Waals surface area contributed by atoms with E-state index in [0.29, 0.717) is 11.7 Å². The molecule has 3 heterocycles. The highest BCUT2D eigenvalue weighted by atomic mass is 16.5. The maximum absolute atomic E-state index is 12.8. The molecule has 4 aromatic rings. The molecule has 0 spiro atoms. The third kappa shape index (κ3) is 3.82. The Morgan fingerprint density at radius 2 is 2.03 bits per heavy atom. The number of para-hydroxylation sites is 1. The summed E-state index contributed by atoms with van der Waals surface area (Å²) in [6.45, 7) is 1.74. The van der Waals surface area contributed by atoms with Crippen LogP contribution in [0.15, 0.2) is 71.7 Å². The Morgan fingerprint density at radius 1 is 1.19 bits per heavy atom. The number of carbonyl (C=O) groups excluding carboxylic acids is 1. The molecule has 0 saturated heterocycles. The molecular formula is C24H22N6O2. The minimum Gasteiger partial charge on any atom is -0.340 e. The van der Waals surface area contributed by atoms with Crippen LogP contribution in [0.4, 0.5) is 0 Å². The molecule has 1 amide bonds. The van der Waals surface area contributed by atoms with Crippen molar-refractivity contribution in [2.75, 3.05) is 0 Å². The molecule has 1 aromatic carbocycles. The average Bonchev–Trinajstić information content (AvgIpc) is 3.43. The second-order valence-electron chi connectivity index (χ2n) is 7.85. The summed E-state index contributed by atoms with van der Waals surface area (Å²) in [5.74, 6) is 0.818. The van der Waals surface area contributed by atoms with Crippen molar-refractivity contribution in [3.05, 3.63) is 84.4 Å². The molecule has 8 nitrogen and oxygen atoms in total. The van der Waals surface area contributed by atoms with E-state index in [9.17, 15) is 4.79 Å². The molecule has 0 bridgehead atoms. The Labute approximate surface area is 185 Å². The number of amides is 1. The molecule has 3 aromatic heterocycles. The minimum atomic E-state index is -0.556. The molecule has 1 aliphatic carbocycles. The number of aromatic nitrogens is 5. The molecule has 1 saturated carbocycles. The van der Waals surface area contributed by atoms with E-state index >= 15 is 0 Å². The normalized spacial score (nSPS) is 14.9. The van der Waals surface area contributed by atoms with Gasteiger partial charge in [-0.15, -0.1) is 0 Å². The quantitative estimate of drug-likeness (QED) is 0.471. The van der Waals surface area contributed by atoms with Gasteiger partial charge in [-0.3, -0.25) is 9.78 Å². The van der Waals surface area contributed by atoms with E-state index < -0.39 is 5.54 Å². The summed E-state index contributed by atoms with van der Waals surface area (Å²) in [5.41, 5.74) is 2.82. The Hall–Kier alpha value is -4.07. The van der Waals surface area contributed by atoms with Gasteiger partial charge in [0.25, 0.3) is 0 Å². The Balaban J connectivity index is 1.42. The molecular weight excluding hydrogens is 404 g/mol. The van der Waals surface area contributed by atoms with Crippen molar-refractivity contribution >= 4 is 12.0 Å². The van der Waals surface area contributed by atoms with Gasteiger partial charge in [-0.05, 0) is 49.6 Å². The van der Waals surface area contributed by atoms with Gasteiger partial charge in [0.1, 0.15) is 11.2 Å². The molecule has 1 aliphatic rings. The lowest BCUT2D eigenvalue weighted by atomic mass is 9.76. The molecule has 0 unspecified atom stereocenters. The highest BCUT2D eigenvalue weighted by molar-refractivity contribution is 5.93. The molecule has 0 aliphatic heterocycles. The van der Waals surface area contributed by atoms with Crippen molar-refractivity contribution in [1.82, 2.24) is 30.2 Å². The van der Waals surface area contributed by atoms with Gasteiger partial charge in [-0.1, -0.05) is 23.4 Å². The molecule has 160 valence electrons. The summed E-state index contributed by atoms with van der Waals surface area (Å²) in [5, 5.41) is 11.8. The molecule has 8 heteroatoms. The van der Waals surface area contributed by atoms with Crippen molar-refractivity contribution in [1.29, 1.82) is 0 Å². The van der Waals surface area contributed by atoms with E-state index in [0.717, 1.165) is 41.8 Å². The van der Waals surface area contributed by atoms with Crippen molar-refractivity contribution < 1.29 is 9.32 Å². The first-order valence-corrected chi connectivity index (χ1v) is 10.5. The van der Waals surface area contributed by atoms with Crippen molar-refractivity contribution in [3.8, 4) is 16.9 Å². The fraction of sp³-hybridized carbons (Fsp3) is 0.208. The van der Waals surface area contributed by atoms with Gasteiger partial charge in [0.2, 0.25) is 11.8 Å². The summed E-state index contributed by atoms with van der Waals surface area (Å²) in [4.78, 5) is 21.3. The monoisotopic (exact) mass is 426 g/mol. The first-order chi connectivity index (χ1) is 15.6. The van der Waals surface area contributed by atoms with Crippen LogP contribution in [0.2, 0.25) is 0 Å². The van der Waals surface area contributed by atoms with Crippen molar-refractivity contribution in [2.24, 2.45) is 0 Å². The van der Waals surface area contributed by atoms with Crippen molar-refractivity contribution in [2.45, 2.75) is 31.7 Å². The van der Waals surface area contributed by atoms with E-state index in [-0.39, 0.29) is 5.91 Å². The second kappa shape index (κ2) is 8.22. The molecule has 0 atom stereocenters. The molecule has 5 rings (SSSR count). The highest BCUT2D eigenvalue weighted by Gasteiger charge is 2.43. The van der Waals surface area contributed by atoms with Gasteiger partial charge >= 0.3 is 0 Å². The zero-order valence-electron chi connectivity index (χ0n) is 17.6. The topological polar surface area (TPSA) is 98.7 Å². The zero-order chi connectivity index (χ0) is 22.0. The fourth-order valence-corrected chi connectivity index (χ4v) is 3.82. The van der Waals surface area contributed by atoms with Crippen LogP contribution in [-0.4, -0.2) is 30.8 Å². The van der Waals surface area contributed by atoms with Gasteiger partial charge in [0, 0.05) is 42.7 Å². The van der Waals surface area contributed by atoms with E-state index in [4.69, 9.17) is 9.62 Å². The van der Waals surface area contributed by atoms with Crippen molar-refractivity contribution in [3.63, 3.8) is 0 Å². The number of rotatable bonds is 6. The summed E-state index contributed by atoms with van der Waals surface area (Å²) in [6.07, 6.45) is 11.3. The summed E-state index contributed by atoms with van der Waals surface area (Å²) < 4.78 is 6.92. The Bertz CT molecular complexity index is 1260. The SMILES string of the molecule is Cc1nc(C2(NC(=O)/C=C/c3cn(-c4ccccc4)nc3-c3cccnc3)CCC2)no1. The first kappa shape index (κ1) is 19.9. The second-order valence-corrected chi connectivity index (χ2v) is 7.85. The maximum Gasteiger partial charge on any atom is 0.244 e. The number of carbonyl (C=O) groups is 1. The largest absolute Gasteiger partial charge is 0.340 e. The number of hydrogen-bond acceptors (Lipinski definition) is 6. The van der Waals surface area contributed by atoms with Crippen LogP contribution in [0.1, 0.15) is 36.5 Å². The predicted molar refractivity (Wildman–Crippen MR) is 119 cm³/mol. The van der Waals surface area contributed by atoms with E-state index in [1.165, 1.54) is 6.08 Å². The fourth-order valence-electron chi connectivity index (χ4n) is 3.82. The van der Waals surface area contributed by atoms with Gasteiger partial charge in [0.05, 0.1) is 5.69 Å². The van der Waals surface area contributed by atoms with Crippen LogP contribution in [0.3, 0.4) is 0 Å². The van der Waals surface area contributed by atoms with E-state index in [1.807, 2.05) is 48.7 Å². The van der Waals surface area contributed by atoms with Crippen LogP contribution in [-0.2, 0) is 10.3 Å². The average molecular weight is 426 g/mol. The standard InChI is InChI=1S/C24H22N6O2/c1-17-26-23(29-32-17)24(12-6-13-24)27-21(31)11-10-19-16-30(20-8-3-2-4-9-20)28-22(19)18-7-5-14-25-15-18/h2-5,7-11,14-16H,6,12-13H2,1H3,(H,27,31)/b11-10+. The predicted octanol–water partition coefficient (Wildman–Crippen LogP) is 3.83. The number of nitrogens with zero attached hydrogens (tertiary/aromatic N) is 5. The number of benzene rings is 1. The number of aryl methyl sites for hydroxylation is 1. The van der Waals surface area contributed by atoms with Gasteiger partial charge < -0.3 is 9.84 Å². The van der Waals surface area contributed by atoms with Gasteiger partial charge in [0.15, 0.2) is 5.82 Å². The van der Waals surface area contributed by atoms with Gasteiger partial charge in [-0.25, -0.2) is 4.68 Å². The lowest BCUT2D eigenvalue weighted by Crippen LogP contribution is -2.51. The number of nitrogens with one attached hydrogen (secondary N) is 1. The van der Waals surface area contributed by atoms with Crippen LogP contribution >= 0.6 is 0 Å². The highest BCUT2D eigenvalue weighted by Crippen LogP contribution is 2.39. The first-order valence-electron chi connectivity index (χ1n) is 10.5. The number of pyridine rings is 1. The molecule has 32 heavy (non-hydrogen) atoms. The van der Waals surface area contributed by atoms with Crippen LogP contribution in [0.25, 0.3) is 23.0 Å². The molecule has 1 N–H and O–H groups in total. The van der Waals surface area contributed by atoms with Crippen LogP contribution < -0.4 is 5.32 Å². The smallest absolute Gasteiger partial charge is 0.244 e. The summed E-state index contributed by atoms with van der Waals surface area (Å²) >= 11 is 0. The molecule has 1 fully saturated rings. The summed E-state index contributed by atoms with van der Waals surface area (Å²) in [7, 11) is 0. The van der Waals surface area contributed by atoms with Crippen LogP contribution in [0.5, 0.6) is 0 Å². The lowest BCUT2D eigenvalue weighted by molar-refractivity contribution is -0.119. The van der Waals surface area contributed by atoms with Gasteiger partial charge in [-0.2, -0.15) is 10.1 Å². The maximum atomic E-state index is 12.8. The zero-order valence-corrected chi connectivity index (χ0v) is 17.6. The Kier molecular flexibility index (Phi) is 5.10.